The van der Waals surface area contributed by atoms with Crippen LogP contribution in [0.2, 0.25) is 0 Å². The lowest BCUT2D eigenvalue weighted by Crippen LogP contribution is -2.39. The first-order valence-corrected chi connectivity index (χ1v) is 10.2. The molecule has 27 heavy (non-hydrogen) atoms. The van der Waals surface area contributed by atoms with Gasteiger partial charge in [0, 0.05) is 13.1 Å². The second-order valence-electron chi connectivity index (χ2n) is 7.12. The molecule has 8 heteroatoms. The van der Waals surface area contributed by atoms with Crippen LogP contribution in [0.3, 0.4) is 0 Å². The predicted molar refractivity (Wildman–Crippen MR) is 101 cm³/mol. The molecule has 1 aliphatic rings. The molecule has 1 aromatic heterocycles. The van der Waals surface area contributed by atoms with Gasteiger partial charge in [0.05, 0.1) is 22.3 Å². The van der Waals surface area contributed by atoms with Crippen LogP contribution in [0.15, 0.2) is 41.4 Å². The molecule has 2 aromatic rings. The van der Waals surface area contributed by atoms with Crippen molar-refractivity contribution in [2.45, 2.75) is 25.2 Å². The van der Waals surface area contributed by atoms with E-state index in [0.29, 0.717) is 17.5 Å². The summed E-state index contributed by atoms with van der Waals surface area (Å²) in [7, 11) is -3.94. The first-order valence-electron chi connectivity index (χ1n) is 8.72. The third-order valence-corrected chi connectivity index (χ3v) is 5.94. The van der Waals surface area contributed by atoms with E-state index in [1.165, 1.54) is 12.6 Å². The van der Waals surface area contributed by atoms with Gasteiger partial charge in [-0.2, -0.15) is 5.26 Å². The molecule has 3 rings (SSSR count). The minimum absolute atomic E-state index is 0.178. The molecular weight excluding hydrogens is 367 g/mol. The van der Waals surface area contributed by atoms with Crippen molar-refractivity contribution in [1.82, 2.24) is 4.98 Å². The van der Waals surface area contributed by atoms with Gasteiger partial charge in [-0.05, 0) is 48.6 Å². The number of sulfonamides is 1. The minimum Gasteiger partial charge on any atom is -0.356 e. The van der Waals surface area contributed by atoms with Crippen LogP contribution in [0.5, 0.6) is 0 Å². The third-order valence-electron chi connectivity index (χ3n) is 4.56. The van der Waals surface area contributed by atoms with Crippen LogP contribution >= 0.6 is 0 Å². The quantitative estimate of drug-likeness (QED) is 0.868. The Morgan fingerprint density at radius 1 is 1.22 bits per heavy atom. The summed E-state index contributed by atoms with van der Waals surface area (Å²) in [5.41, 5.74) is -0.0145. The second kappa shape index (κ2) is 7.53. The van der Waals surface area contributed by atoms with Gasteiger partial charge in [0.15, 0.2) is 0 Å². The van der Waals surface area contributed by atoms with Gasteiger partial charge in [0.25, 0.3) is 10.0 Å². The van der Waals surface area contributed by atoms with E-state index in [9.17, 15) is 12.8 Å². The van der Waals surface area contributed by atoms with Crippen LogP contribution in [-0.2, 0) is 10.0 Å². The first-order chi connectivity index (χ1) is 12.8. The summed E-state index contributed by atoms with van der Waals surface area (Å²) in [5.74, 6) is 1.22. The molecule has 6 nitrogen and oxygen atoms in total. The van der Waals surface area contributed by atoms with Crippen LogP contribution in [-0.4, -0.2) is 26.5 Å². The summed E-state index contributed by atoms with van der Waals surface area (Å²) in [5, 5.41) is 8.87. The Kier molecular flexibility index (Phi) is 5.33. The Hall–Kier alpha value is -2.66. The molecule has 0 saturated carbocycles. The van der Waals surface area contributed by atoms with E-state index in [1.807, 2.05) is 0 Å². The Morgan fingerprint density at radius 3 is 2.52 bits per heavy atom. The van der Waals surface area contributed by atoms with Gasteiger partial charge in [-0.1, -0.05) is 13.8 Å². The number of piperidine rings is 1. The van der Waals surface area contributed by atoms with Gasteiger partial charge in [-0.25, -0.2) is 17.8 Å². The molecular formula is C19H21FN4O2S. The molecule has 142 valence electrons. The molecule has 0 amide bonds. The SMILES string of the molecule is C[C@@H]1C[C@@H](C)CN(c2ccc(NS(=O)(=O)c3ccc(F)c(C#N)c3)cn2)C1. The minimum atomic E-state index is -3.94. The summed E-state index contributed by atoms with van der Waals surface area (Å²) in [4.78, 5) is 6.41. The number of nitrogens with one attached hydrogen (secondary N) is 1. The highest BCUT2D eigenvalue weighted by Gasteiger charge is 2.23. The average Bonchev–Trinajstić information content (AvgIpc) is 2.61. The van der Waals surface area contributed by atoms with Gasteiger partial charge >= 0.3 is 0 Å². The third kappa shape index (κ3) is 4.37. The number of pyridine rings is 1. The van der Waals surface area contributed by atoms with Gasteiger partial charge in [0.1, 0.15) is 17.7 Å². The van der Waals surface area contributed by atoms with E-state index in [4.69, 9.17) is 5.26 Å². The second-order valence-corrected chi connectivity index (χ2v) is 8.80. The lowest BCUT2D eigenvalue weighted by atomic mass is 9.92. The van der Waals surface area contributed by atoms with E-state index in [-0.39, 0.29) is 10.5 Å². The Bertz CT molecular complexity index is 960. The van der Waals surface area contributed by atoms with Crippen LogP contribution in [0, 0.1) is 29.0 Å². The summed E-state index contributed by atoms with van der Waals surface area (Å²) in [6, 6.07) is 8.17. The van der Waals surface area contributed by atoms with E-state index >= 15 is 0 Å². The van der Waals surface area contributed by atoms with Crippen LogP contribution in [0.25, 0.3) is 0 Å². The molecule has 1 saturated heterocycles. The standard InChI is InChI=1S/C19H21FN4O2S/c1-13-7-14(2)12-24(11-13)19-6-3-16(10-22-19)23-27(25,26)17-4-5-18(20)15(8-17)9-21/h3-6,8,10,13-14,23H,7,11-12H2,1-2H3/t13-,14-/m1/s1. The Labute approximate surface area is 158 Å². The van der Waals surface area contributed by atoms with Crippen LogP contribution in [0.1, 0.15) is 25.8 Å². The first kappa shape index (κ1) is 19.1. The molecule has 1 aliphatic heterocycles. The lowest BCUT2D eigenvalue weighted by Gasteiger charge is -2.35. The average molecular weight is 388 g/mol. The topological polar surface area (TPSA) is 86.1 Å². The van der Waals surface area contributed by atoms with Crippen LogP contribution in [0.4, 0.5) is 15.9 Å². The van der Waals surface area contributed by atoms with E-state index in [1.54, 1.807) is 18.2 Å². The Morgan fingerprint density at radius 2 is 1.93 bits per heavy atom. The Balaban J connectivity index is 1.77. The number of nitrogens with zero attached hydrogens (tertiary/aromatic N) is 3. The molecule has 1 aromatic carbocycles. The smallest absolute Gasteiger partial charge is 0.261 e. The largest absolute Gasteiger partial charge is 0.356 e. The summed E-state index contributed by atoms with van der Waals surface area (Å²) < 4.78 is 40.8. The van der Waals surface area contributed by atoms with Crippen molar-refractivity contribution in [2.75, 3.05) is 22.7 Å². The normalized spacial score (nSPS) is 20.1. The fraction of sp³-hybridized carbons (Fsp3) is 0.368. The lowest BCUT2D eigenvalue weighted by molar-refractivity contribution is 0.355. The monoisotopic (exact) mass is 388 g/mol. The molecule has 0 radical (unpaired) electrons. The predicted octanol–water partition coefficient (Wildman–Crippen LogP) is 3.38. The number of hydrogen-bond donors (Lipinski definition) is 1. The number of anilines is 2. The number of rotatable bonds is 4. The fourth-order valence-corrected chi connectivity index (χ4v) is 4.52. The summed E-state index contributed by atoms with van der Waals surface area (Å²) >= 11 is 0. The van der Waals surface area contributed by atoms with Gasteiger partial charge in [-0.15, -0.1) is 0 Å². The zero-order valence-electron chi connectivity index (χ0n) is 15.2. The molecule has 0 aliphatic carbocycles. The molecule has 0 unspecified atom stereocenters. The van der Waals surface area contributed by atoms with Crippen molar-refractivity contribution >= 4 is 21.5 Å². The zero-order chi connectivity index (χ0) is 19.6. The highest BCUT2D eigenvalue weighted by molar-refractivity contribution is 7.92. The van der Waals surface area contributed by atoms with Gasteiger partial charge in [-0.3, -0.25) is 4.72 Å². The van der Waals surface area contributed by atoms with Crippen LogP contribution < -0.4 is 9.62 Å². The van der Waals surface area contributed by atoms with Crippen molar-refractivity contribution in [3.05, 3.63) is 47.9 Å². The molecule has 1 fully saturated rings. The molecule has 1 N–H and O–H groups in total. The zero-order valence-corrected chi connectivity index (χ0v) is 16.0. The highest BCUT2D eigenvalue weighted by atomic mass is 32.2. The number of nitriles is 1. The van der Waals surface area contributed by atoms with Gasteiger partial charge < -0.3 is 4.90 Å². The maximum absolute atomic E-state index is 13.4. The summed E-state index contributed by atoms with van der Waals surface area (Å²) in [6.07, 6.45) is 2.66. The fourth-order valence-electron chi connectivity index (χ4n) is 3.45. The van der Waals surface area contributed by atoms with Crippen molar-refractivity contribution in [2.24, 2.45) is 11.8 Å². The number of aromatic nitrogens is 1. The molecule has 2 atom stereocenters. The highest BCUT2D eigenvalue weighted by Crippen LogP contribution is 2.26. The van der Waals surface area contributed by atoms with E-state index in [0.717, 1.165) is 37.1 Å². The maximum atomic E-state index is 13.4. The van der Waals surface area contributed by atoms with Crippen molar-refractivity contribution in [1.29, 1.82) is 5.26 Å². The van der Waals surface area contributed by atoms with Crippen molar-refractivity contribution in [3.63, 3.8) is 0 Å². The van der Waals surface area contributed by atoms with Crippen molar-refractivity contribution in [3.8, 4) is 6.07 Å². The van der Waals surface area contributed by atoms with E-state index in [2.05, 4.69) is 28.5 Å². The molecule has 2 heterocycles. The van der Waals surface area contributed by atoms with Crippen molar-refractivity contribution < 1.29 is 12.8 Å². The summed E-state index contributed by atoms with van der Waals surface area (Å²) in [6.45, 7) is 6.27. The molecule has 0 spiro atoms. The van der Waals surface area contributed by atoms with E-state index < -0.39 is 15.8 Å². The number of hydrogen-bond acceptors (Lipinski definition) is 5. The number of halogens is 1. The van der Waals surface area contributed by atoms with Gasteiger partial charge in [0.2, 0.25) is 0 Å². The number of benzene rings is 1. The maximum Gasteiger partial charge on any atom is 0.261 e. The molecule has 0 bridgehead atoms.